The fourth-order valence-electron chi connectivity index (χ4n) is 2.99. The molecule has 1 saturated heterocycles. The number of nitrogens with one attached hydrogen (secondary N) is 1. The minimum atomic E-state index is -1.09. The number of nitrogens with zero attached hydrogens (tertiary/aromatic N) is 2. The van der Waals surface area contributed by atoms with Crippen LogP contribution in [-0.2, 0) is 16.1 Å². The molecule has 0 aliphatic carbocycles. The molecular formula is C18H25N3O6. The van der Waals surface area contributed by atoms with Gasteiger partial charge in [-0.3, -0.25) is 10.1 Å². The molecule has 1 aromatic carbocycles. The first kappa shape index (κ1) is 20.6. The summed E-state index contributed by atoms with van der Waals surface area (Å²) in [5.41, 5.74) is 0.524. The zero-order valence-corrected chi connectivity index (χ0v) is 15.1. The lowest BCUT2D eigenvalue weighted by molar-refractivity contribution is -0.384. The van der Waals surface area contributed by atoms with Crippen molar-refractivity contribution < 1.29 is 24.4 Å². The Bertz CT molecular complexity index is 643. The fraction of sp³-hybridized carbons (Fsp3) is 0.556. The number of carbonyl (C=O) groups excluding carboxylic acids is 1. The number of carboxylic acids is 1. The monoisotopic (exact) mass is 379 g/mol. The van der Waals surface area contributed by atoms with E-state index in [0.717, 1.165) is 26.1 Å². The van der Waals surface area contributed by atoms with Gasteiger partial charge in [0.15, 0.2) is 0 Å². The van der Waals surface area contributed by atoms with Crippen LogP contribution in [0.25, 0.3) is 0 Å². The van der Waals surface area contributed by atoms with E-state index in [-0.39, 0.29) is 12.3 Å². The maximum Gasteiger partial charge on any atom is 0.408 e. The molecule has 0 bridgehead atoms. The third-order valence-electron chi connectivity index (χ3n) is 4.52. The molecule has 1 aliphatic rings. The van der Waals surface area contributed by atoms with Crippen LogP contribution in [0.3, 0.4) is 0 Å². The maximum atomic E-state index is 11.8. The number of aliphatic carboxylic acids is 1. The molecule has 9 nitrogen and oxygen atoms in total. The summed E-state index contributed by atoms with van der Waals surface area (Å²) in [6.07, 6.45) is 3.56. The molecule has 0 saturated carbocycles. The van der Waals surface area contributed by atoms with E-state index in [4.69, 9.17) is 4.74 Å². The normalized spacial score (nSPS) is 15.3. The standard InChI is InChI=1S/C18H25N3O6/c22-17(23)16(5-1-2-10-20-11-3-4-12-20)19-18(24)27-13-14-6-8-15(9-7-14)21(25)26/h6-9,16H,1-5,10-13H2,(H,19,24)(H,22,23)/t16-/m0/s1. The van der Waals surface area contributed by atoms with Crippen molar-refractivity contribution in [3.8, 4) is 0 Å². The van der Waals surface area contributed by atoms with Gasteiger partial charge < -0.3 is 20.1 Å². The number of likely N-dealkylation sites (tertiary alicyclic amines) is 1. The third kappa shape index (κ3) is 7.22. The predicted molar refractivity (Wildman–Crippen MR) is 97.4 cm³/mol. The zero-order valence-electron chi connectivity index (χ0n) is 15.1. The van der Waals surface area contributed by atoms with Crippen LogP contribution in [0.4, 0.5) is 10.5 Å². The Kier molecular flexibility index (Phi) is 8.00. The Morgan fingerprint density at radius 1 is 1.22 bits per heavy atom. The smallest absolute Gasteiger partial charge is 0.408 e. The highest BCUT2D eigenvalue weighted by Gasteiger charge is 2.20. The van der Waals surface area contributed by atoms with Crippen LogP contribution in [0.1, 0.15) is 37.7 Å². The topological polar surface area (TPSA) is 122 Å². The van der Waals surface area contributed by atoms with Gasteiger partial charge in [0, 0.05) is 12.1 Å². The Morgan fingerprint density at radius 2 is 1.89 bits per heavy atom. The van der Waals surface area contributed by atoms with Gasteiger partial charge in [0.25, 0.3) is 5.69 Å². The van der Waals surface area contributed by atoms with E-state index in [0.29, 0.717) is 18.4 Å². The van der Waals surface area contributed by atoms with Gasteiger partial charge in [-0.05, 0) is 69.4 Å². The van der Waals surface area contributed by atoms with Gasteiger partial charge in [0.05, 0.1) is 4.92 Å². The quantitative estimate of drug-likeness (QED) is 0.364. The van der Waals surface area contributed by atoms with E-state index >= 15 is 0 Å². The summed E-state index contributed by atoms with van der Waals surface area (Å²) in [6.45, 7) is 3.08. The lowest BCUT2D eigenvalue weighted by Crippen LogP contribution is -2.41. The summed E-state index contributed by atoms with van der Waals surface area (Å²) in [5, 5.41) is 22.2. The summed E-state index contributed by atoms with van der Waals surface area (Å²) in [7, 11) is 0. The minimum absolute atomic E-state index is 0.0527. The number of hydrogen-bond acceptors (Lipinski definition) is 6. The SMILES string of the molecule is O=C(N[C@@H](CCCCN1CCCC1)C(=O)O)OCc1ccc([N+](=O)[O-])cc1. The van der Waals surface area contributed by atoms with Crippen molar-refractivity contribution >= 4 is 17.7 Å². The molecule has 1 fully saturated rings. The second-order valence-corrected chi connectivity index (χ2v) is 6.58. The number of alkyl carbamates (subject to hydrolysis) is 1. The van der Waals surface area contributed by atoms with E-state index in [1.807, 2.05) is 0 Å². The van der Waals surface area contributed by atoms with Crippen molar-refractivity contribution in [2.45, 2.75) is 44.8 Å². The Labute approximate surface area is 157 Å². The average molecular weight is 379 g/mol. The van der Waals surface area contributed by atoms with Crippen LogP contribution < -0.4 is 5.32 Å². The molecule has 0 unspecified atom stereocenters. The first-order chi connectivity index (χ1) is 13.0. The first-order valence-electron chi connectivity index (χ1n) is 9.07. The summed E-state index contributed by atoms with van der Waals surface area (Å²) in [6, 6.07) is 4.61. The second-order valence-electron chi connectivity index (χ2n) is 6.58. The highest BCUT2D eigenvalue weighted by Crippen LogP contribution is 2.13. The lowest BCUT2D eigenvalue weighted by Gasteiger charge is -2.17. The number of unbranched alkanes of at least 4 members (excludes halogenated alkanes) is 1. The molecular weight excluding hydrogens is 354 g/mol. The highest BCUT2D eigenvalue weighted by atomic mass is 16.6. The van der Waals surface area contributed by atoms with Crippen molar-refractivity contribution in [2.24, 2.45) is 0 Å². The molecule has 9 heteroatoms. The summed E-state index contributed by atoms with van der Waals surface area (Å²) in [4.78, 5) is 35.6. The highest BCUT2D eigenvalue weighted by molar-refractivity contribution is 5.79. The van der Waals surface area contributed by atoms with Gasteiger partial charge in [0.2, 0.25) is 0 Å². The summed E-state index contributed by atoms with van der Waals surface area (Å²) >= 11 is 0. The predicted octanol–water partition coefficient (Wildman–Crippen LogP) is 2.54. The molecule has 2 N–H and O–H groups in total. The molecule has 1 aromatic rings. The molecule has 2 rings (SSSR count). The third-order valence-corrected chi connectivity index (χ3v) is 4.52. The number of nitro benzene ring substituents is 1. The molecule has 1 heterocycles. The van der Waals surface area contributed by atoms with Crippen LogP contribution in [0.15, 0.2) is 24.3 Å². The molecule has 1 amide bonds. The molecule has 1 aliphatic heterocycles. The summed E-state index contributed by atoms with van der Waals surface area (Å²) in [5.74, 6) is -1.09. The van der Waals surface area contributed by atoms with Crippen molar-refractivity contribution in [2.75, 3.05) is 19.6 Å². The van der Waals surface area contributed by atoms with Gasteiger partial charge in [-0.25, -0.2) is 9.59 Å². The number of carboxylic acid groups (broad SMARTS) is 1. The molecule has 148 valence electrons. The Hall–Kier alpha value is -2.68. The minimum Gasteiger partial charge on any atom is -0.480 e. The molecule has 0 aromatic heterocycles. The Morgan fingerprint density at radius 3 is 2.48 bits per heavy atom. The second kappa shape index (κ2) is 10.5. The number of rotatable bonds is 10. The number of carbonyl (C=O) groups is 2. The van der Waals surface area contributed by atoms with Crippen molar-refractivity contribution in [1.82, 2.24) is 10.2 Å². The van der Waals surface area contributed by atoms with Crippen LogP contribution in [0.5, 0.6) is 0 Å². The molecule has 1 atom stereocenters. The number of benzene rings is 1. The molecule has 27 heavy (non-hydrogen) atoms. The molecule has 0 spiro atoms. The van der Waals surface area contributed by atoms with Crippen molar-refractivity contribution in [1.29, 1.82) is 0 Å². The Balaban J connectivity index is 1.70. The number of hydrogen-bond donors (Lipinski definition) is 2. The van der Waals surface area contributed by atoms with E-state index < -0.39 is 23.0 Å². The lowest BCUT2D eigenvalue weighted by atomic mass is 10.1. The fourth-order valence-corrected chi connectivity index (χ4v) is 2.99. The zero-order chi connectivity index (χ0) is 19.6. The van der Waals surface area contributed by atoms with E-state index in [1.165, 1.54) is 37.1 Å². The van der Waals surface area contributed by atoms with E-state index in [1.54, 1.807) is 0 Å². The maximum absolute atomic E-state index is 11.8. The summed E-state index contributed by atoms with van der Waals surface area (Å²) < 4.78 is 5.01. The number of non-ortho nitro benzene ring substituents is 1. The van der Waals surface area contributed by atoms with Gasteiger partial charge >= 0.3 is 12.1 Å². The van der Waals surface area contributed by atoms with Gasteiger partial charge in [-0.15, -0.1) is 0 Å². The van der Waals surface area contributed by atoms with Crippen molar-refractivity contribution in [3.63, 3.8) is 0 Å². The van der Waals surface area contributed by atoms with Crippen LogP contribution in [0, 0.1) is 10.1 Å². The van der Waals surface area contributed by atoms with Gasteiger partial charge in [0.1, 0.15) is 12.6 Å². The van der Waals surface area contributed by atoms with Crippen LogP contribution in [-0.4, -0.2) is 52.7 Å². The number of amides is 1. The molecule has 0 radical (unpaired) electrons. The average Bonchev–Trinajstić information content (AvgIpc) is 3.16. The van der Waals surface area contributed by atoms with Gasteiger partial charge in [-0.2, -0.15) is 0 Å². The largest absolute Gasteiger partial charge is 0.480 e. The number of ether oxygens (including phenoxy) is 1. The van der Waals surface area contributed by atoms with Gasteiger partial charge in [-0.1, -0.05) is 0 Å². The van der Waals surface area contributed by atoms with Crippen molar-refractivity contribution in [3.05, 3.63) is 39.9 Å². The van der Waals surface area contributed by atoms with E-state index in [9.17, 15) is 24.8 Å². The first-order valence-corrected chi connectivity index (χ1v) is 9.07. The van der Waals surface area contributed by atoms with Crippen LogP contribution in [0.2, 0.25) is 0 Å². The van der Waals surface area contributed by atoms with Crippen LogP contribution >= 0.6 is 0 Å². The van der Waals surface area contributed by atoms with E-state index in [2.05, 4.69) is 10.2 Å². The number of nitro groups is 1.